The van der Waals surface area contributed by atoms with Crippen LogP contribution in [0, 0.1) is 0 Å². The van der Waals surface area contributed by atoms with Gasteiger partial charge in [-0.1, -0.05) is 38.1 Å². The van der Waals surface area contributed by atoms with Crippen molar-refractivity contribution in [3.8, 4) is 11.5 Å². The Labute approximate surface area is 161 Å². The van der Waals surface area contributed by atoms with Crippen LogP contribution in [0.15, 0.2) is 48.5 Å². The largest absolute Gasteiger partial charge is 0.486 e. The van der Waals surface area contributed by atoms with Crippen molar-refractivity contribution in [1.29, 1.82) is 0 Å². The first-order chi connectivity index (χ1) is 12.9. The molecule has 1 heterocycles. The highest BCUT2D eigenvalue weighted by Gasteiger charge is 2.26. The van der Waals surface area contributed by atoms with E-state index in [9.17, 15) is 4.79 Å². The number of hydrogen-bond acceptors (Lipinski definition) is 4. The average molecular weight is 368 g/mol. The molecule has 2 aromatic carbocycles. The van der Waals surface area contributed by atoms with Crippen LogP contribution >= 0.6 is 0 Å². The van der Waals surface area contributed by atoms with Crippen LogP contribution in [0.4, 0.5) is 5.69 Å². The molecule has 1 aliphatic rings. The molecule has 0 aliphatic carbocycles. The van der Waals surface area contributed by atoms with Crippen molar-refractivity contribution in [2.24, 2.45) is 0 Å². The van der Waals surface area contributed by atoms with Gasteiger partial charge in [-0.25, -0.2) is 0 Å². The zero-order valence-electron chi connectivity index (χ0n) is 16.4. The lowest BCUT2D eigenvalue weighted by Crippen LogP contribution is -2.46. The number of carbonyl (C=O) groups is 1. The summed E-state index contributed by atoms with van der Waals surface area (Å²) in [6, 6.07) is 15.4. The molecule has 1 amide bonds. The van der Waals surface area contributed by atoms with Crippen molar-refractivity contribution in [2.75, 3.05) is 25.5 Å². The second-order valence-corrected chi connectivity index (χ2v) is 7.38. The molecule has 1 N–H and O–H groups in total. The Balaban J connectivity index is 1.53. The van der Waals surface area contributed by atoms with Crippen molar-refractivity contribution in [1.82, 2.24) is 4.90 Å². The van der Waals surface area contributed by atoms with Crippen LogP contribution in [0.2, 0.25) is 0 Å². The molecule has 0 bridgehead atoms. The monoisotopic (exact) mass is 368 g/mol. The molecule has 1 aliphatic heterocycles. The van der Waals surface area contributed by atoms with Crippen LogP contribution < -0.4 is 14.8 Å². The molecule has 0 spiro atoms. The first kappa shape index (κ1) is 19.2. The number of ether oxygens (including phenoxy) is 2. The SMILES string of the molecule is CC(C)c1ccc(NC(=O)[C@@H](C)N(C)C[C@@H]2COc3ccccc3O2)cc1. The highest BCUT2D eigenvalue weighted by Crippen LogP contribution is 2.31. The van der Waals surface area contributed by atoms with Gasteiger partial charge in [-0.2, -0.15) is 0 Å². The van der Waals surface area contributed by atoms with E-state index in [0.29, 0.717) is 19.1 Å². The van der Waals surface area contributed by atoms with E-state index in [4.69, 9.17) is 9.47 Å². The lowest BCUT2D eigenvalue weighted by Gasteiger charge is -2.31. The molecule has 3 rings (SSSR count). The van der Waals surface area contributed by atoms with Crippen LogP contribution in [0.25, 0.3) is 0 Å². The summed E-state index contributed by atoms with van der Waals surface area (Å²) in [5.41, 5.74) is 2.07. The highest BCUT2D eigenvalue weighted by molar-refractivity contribution is 5.94. The summed E-state index contributed by atoms with van der Waals surface area (Å²) in [4.78, 5) is 14.6. The van der Waals surface area contributed by atoms with Crippen molar-refractivity contribution < 1.29 is 14.3 Å². The molecule has 0 saturated carbocycles. The van der Waals surface area contributed by atoms with E-state index in [1.165, 1.54) is 5.56 Å². The maximum absolute atomic E-state index is 12.6. The van der Waals surface area contributed by atoms with Crippen LogP contribution in [-0.4, -0.2) is 43.2 Å². The third kappa shape index (κ3) is 4.80. The Morgan fingerprint density at radius 3 is 2.44 bits per heavy atom. The van der Waals surface area contributed by atoms with E-state index in [1.807, 2.05) is 55.3 Å². The second kappa shape index (κ2) is 8.44. The number of para-hydroxylation sites is 2. The number of carbonyl (C=O) groups excluding carboxylic acids is 1. The van der Waals surface area contributed by atoms with Gasteiger partial charge in [-0.05, 0) is 49.7 Å². The molecule has 0 fully saturated rings. The van der Waals surface area contributed by atoms with Crippen molar-refractivity contribution in [3.05, 3.63) is 54.1 Å². The molecule has 27 heavy (non-hydrogen) atoms. The summed E-state index contributed by atoms with van der Waals surface area (Å²) in [7, 11) is 1.93. The van der Waals surface area contributed by atoms with Gasteiger partial charge < -0.3 is 14.8 Å². The molecule has 5 nitrogen and oxygen atoms in total. The van der Waals surface area contributed by atoms with Crippen LogP contribution in [0.5, 0.6) is 11.5 Å². The van der Waals surface area contributed by atoms with Gasteiger partial charge in [-0.15, -0.1) is 0 Å². The molecule has 5 heteroatoms. The quantitative estimate of drug-likeness (QED) is 0.840. The second-order valence-electron chi connectivity index (χ2n) is 7.38. The molecule has 2 atom stereocenters. The van der Waals surface area contributed by atoms with E-state index in [-0.39, 0.29) is 18.1 Å². The van der Waals surface area contributed by atoms with Crippen LogP contribution in [0.1, 0.15) is 32.3 Å². The first-order valence-electron chi connectivity index (χ1n) is 9.43. The van der Waals surface area contributed by atoms with Gasteiger partial charge in [0.25, 0.3) is 0 Å². The minimum atomic E-state index is -0.282. The molecular formula is C22H28N2O3. The van der Waals surface area contributed by atoms with Crippen molar-refractivity contribution in [3.63, 3.8) is 0 Å². The zero-order valence-corrected chi connectivity index (χ0v) is 16.4. The Kier molecular flexibility index (Phi) is 6.01. The summed E-state index contributed by atoms with van der Waals surface area (Å²) >= 11 is 0. The van der Waals surface area contributed by atoms with Crippen LogP contribution in [-0.2, 0) is 4.79 Å². The Hall–Kier alpha value is -2.53. The summed E-state index contributed by atoms with van der Waals surface area (Å²) in [6.07, 6.45) is -0.106. The smallest absolute Gasteiger partial charge is 0.241 e. The van der Waals surface area contributed by atoms with Gasteiger partial charge in [0.1, 0.15) is 12.7 Å². The number of nitrogens with one attached hydrogen (secondary N) is 1. The standard InChI is InChI=1S/C22H28N2O3/c1-15(2)17-9-11-18(12-10-17)23-22(25)16(3)24(4)13-19-14-26-20-7-5-6-8-21(20)27-19/h5-12,15-16,19H,13-14H2,1-4H3,(H,23,25)/t16-,19-/m1/s1. The topological polar surface area (TPSA) is 50.8 Å². The number of benzene rings is 2. The molecule has 2 aromatic rings. The summed E-state index contributed by atoms with van der Waals surface area (Å²) in [5, 5.41) is 2.99. The van der Waals surface area contributed by atoms with Gasteiger partial charge in [-0.3, -0.25) is 9.69 Å². The van der Waals surface area contributed by atoms with Gasteiger partial charge in [0.2, 0.25) is 5.91 Å². The van der Waals surface area contributed by atoms with E-state index < -0.39 is 0 Å². The van der Waals surface area contributed by atoms with Crippen LogP contribution in [0.3, 0.4) is 0 Å². The summed E-state index contributed by atoms with van der Waals surface area (Å²) in [6.45, 7) is 7.29. The molecular weight excluding hydrogens is 340 g/mol. The molecule has 0 unspecified atom stereocenters. The minimum Gasteiger partial charge on any atom is -0.486 e. The van der Waals surface area contributed by atoms with Gasteiger partial charge in [0.05, 0.1) is 6.04 Å². The van der Waals surface area contributed by atoms with Crippen molar-refractivity contribution >= 4 is 11.6 Å². The van der Waals surface area contributed by atoms with E-state index >= 15 is 0 Å². The molecule has 0 radical (unpaired) electrons. The average Bonchev–Trinajstić information content (AvgIpc) is 2.67. The van der Waals surface area contributed by atoms with E-state index in [2.05, 4.69) is 31.3 Å². The van der Waals surface area contributed by atoms with Crippen molar-refractivity contribution in [2.45, 2.75) is 38.8 Å². The number of hydrogen-bond donors (Lipinski definition) is 1. The van der Waals surface area contributed by atoms with Gasteiger partial charge >= 0.3 is 0 Å². The fourth-order valence-corrected chi connectivity index (χ4v) is 3.03. The third-order valence-corrected chi connectivity index (χ3v) is 4.94. The van der Waals surface area contributed by atoms with Gasteiger partial charge in [0, 0.05) is 12.2 Å². The maximum Gasteiger partial charge on any atom is 0.241 e. The predicted octanol–water partition coefficient (Wildman–Crippen LogP) is 3.91. The lowest BCUT2D eigenvalue weighted by molar-refractivity contribution is -0.120. The minimum absolute atomic E-state index is 0.0353. The zero-order chi connectivity index (χ0) is 19.4. The molecule has 0 aromatic heterocycles. The van der Waals surface area contributed by atoms with E-state index in [1.54, 1.807) is 0 Å². The number of fused-ring (bicyclic) bond motifs is 1. The maximum atomic E-state index is 12.6. The Morgan fingerprint density at radius 2 is 1.78 bits per heavy atom. The fourth-order valence-electron chi connectivity index (χ4n) is 3.03. The number of likely N-dealkylation sites (N-methyl/N-ethyl adjacent to an activating group) is 1. The number of amides is 1. The molecule has 0 saturated heterocycles. The summed E-state index contributed by atoms with van der Waals surface area (Å²) < 4.78 is 11.7. The fraction of sp³-hybridized carbons (Fsp3) is 0.409. The third-order valence-electron chi connectivity index (χ3n) is 4.94. The molecule has 144 valence electrons. The highest BCUT2D eigenvalue weighted by atomic mass is 16.6. The first-order valence-corrected chi connectivity index (χ1v) is 9.43. The van der Waals surface area contributed by atoms with E-state index in [0.717, 1.165) is 17.2 Å². The van der Waals surface area contributed by atoms with Gasteiger partial charge in [0.15, 0.2) is 11.5 Å². The predicted molar refractivity (Wildman–Crippen MR) is 108 cm³/mol. The lowest BCUT2D eigenvalue weighted by atomic mass is 10.0. The Morgan fingerprint density at radius 1 is 1.11 bits per heavy atom. The number of anilines is 1. The Bertz CT molecular complexity index is 773. The number of rotatable bonds is 6. The normalized spacial score (nSPS) is 17.0. The summed E-state index contributed by atoms with van der Waals surface area (Å²) in [5.74, 6) is 1.96. The number of nitrogens with zero attached hydrogens (tertiary/aromatic N) is 1.